The van der Waals surface area contributed by atoms with Gasteiger partial charge in [0.05, 0.1) is 11.3 Å². The Balaban J connectivity index is 1.43. The van der Waals surface area contributed by atoms with Crippen LogP contribution in [0.15, 0.2) is 18.2 Å². The molecular weight excluding hydrogens is 427 g/mol. The van der Waals surface area contributed by atoms with E-state index >= 15 is 0 Å². The van der Waals surface area contributed by atoms with Gasteiger partial charge in [-0.1, -0.05) is 12.5 Å². The number of carbonyl (C=O) groups excluding carboxylic acids is 2. The maximum absolute atomic E-state index is 14.0. The van der Waals surface area contributed by atoms with E-state index in [0.29, 0.717) is 31.4 Å². The number of hydrogen-bond acceptors (Lipinski definition) is 6. The van der Waals surface area contributed by atoms with Crippen LogP contribution in [0.25, 0.3) is 0 Å². The van der Waals surface area contributed by atoms with Crippen LogP contribution in [0.3, 0.4) is 0 Å². The van der Waals surface area contributed by atoms with Crippen LogP contribution in [-0.2, 0) is 14.8 Å². The normalized spacial score (nSPS) is 18.7. The molecule has 1 heterocycles. The fourth-order valence-electron chi connectivity index (χ4n) is 3.26. The van der Waals surface area contributed by atoms with Gasteiger partial charge >= 0.3 is 6.03 Å². The van der Waals surface area contributed by atoms with Crippen molar-refractivity contribution in [2.75, 3.05) is 25.4 Å². The smallest absolute Gasteiger partial charge is 0.324 e. The number of halogens is 1. The standard InChI is InChI=1S/C20H29FN4O5S/c1-14(15-5-6-16(21)17(11-15)30-13-20(22)7-8-20)24-31(28,29)10-4-2-3-9-25-12-18(26)23-19(25)27/h5-6,11,14,24H,2-4,7-10,12-13,22H2,1H3,(H,23,26,27)/t14-/m1/s1. The van der Waals surface area contributed by atoms with Crippen LogP contribution in [0.4, 0.5) is 9.18 Å². The third kappa shape index (κ3) is 6.88. The van der Waals surface area contributed by atoms with E-state index in [9.17, 15) is 22.4 Å². The molecule has 11 heteroatoms. The Morgan fingerprint density at radius 3 is 2.68 bits per heavy atom. The Labute approximate surface area is 181 Å². The Hall–Kier alpha value is -2.24. The fraction of sp³-hybridized carbons (Fsp3) is 0.600. The van der Waals surface area contributed by atoms with Gasteiger partial charge < -0.3 is 15.4 Å². The van der Waals surface area contributed by atoms with Gasteiger partial charge in [-0.05, 0) is 50.3 Å². The summed E-state index contributed by atoms with van der Waals surface area (Å²) in [5.41, 5.74) is 6.17. The topological polar surface area (TPSA) is 131 Å². The molecule has 1 saturated carbocycles. The first-order valence-corrected chi connectivity index (χ1v) is 12.0. The molecule has 3 amide bonds. The molecule has 0 aromatic heterocycles. The molecule has 1 atom stereocenters. The summed E-state index contributed by atoms with van der Waals surface area (Å²) in [5.74, 6) is -0.848. The molecule has 3 rings (SSSR count). The van der Waals surface area contributed by atoms with Crippen LogP contribution in [0.1, 0.15) is 50.6 Å². The van der Waals surface area contributed by atoms with Crippen molar-refractivity contribution in [2.24, 2.45) is 5.73 Å². The number of hydrogen-bond donors (Lipinski definition) is 3. The van der Waals surface area contributed by atoms with Crippen LogP contribution in [-0.4, -0.2) is 56.2 Å². The molecule has 2 fully saturated rings. The summed E-state index contributed by atoms with van der Waals surface area (Å²) in [7, 11) is -3.55. The summed E-state index contributed by atoms with van der Waals surface area (Å²) >= 11 is 0. The van der Waals surface area contributed by atoms with Crippen molar-refractivity contribution >= 4 is 22.0 Å². The molecular formula is C20H29FN4O5S. The zero-order chi connectivity index (χ0) is 22.6. The van der Waals surface area contributed by atoms with Gasteiger partial charge in [0.1, 0.15) is 13.2 Å². The molecule has 4 N–H and O–H groups in total. The minimum absolute atomic E-state index is 0.0475. The monoisotopic (exact) mass is 456 g/mol. The molecule has 0 radical (unpaired) electrons. The van der Waals surface area contributed by atoms with Gasteiger partial charge in [-0.3, -0.25) is 10.1 Å². The molecule has 31 heavy (non-hydrogen) atoms. The molecule has 0 bridgehead atoms. The predicted molar refractivity (Wildman–Crippen MR) is 112 cm³/mol. The number of ether oxygens (including phenoxy) is 1. The second-order valence-electron chi connectivity index (χ2n) is 8.33. The van der Waals surface area contributed by atoms with Gasteiger partial charge in [0.2, 0.25) is 15.9 Å². The van der Waals surface area contributed by atoms with Crippen molar-refractivity contribution in [2.45, 2.75) is 50.6 Å². The van der Waals surface area contributed by atoms with Crippen LogP contribution < -0.4 is 20.5 Å². The van der Waals surface area contributed by atoms with Gasteiger partial charge in [-0.2, -0.15) is 0 Å². The minimum atomic E-state index is -3.55. The summed E-state index contributed by atoms with van der Waals surface area (Å²) in [4.78, 5) is 24.0. The van der Waals surface area contributed by atoms with Crippen LogP contribution in [0.5, 0.6) is 5.75 Å². The molecule has 0 spiro atoms. The van der Waals surface area contributed by atoms with E-state index in [1.54, 1.807) is 6.92 Å². The average Bonchev–Trinajstić information content (AvgIpc) is 3.34. The number of urea groups is 1. The second kappa shape index (κ2) is 9.49. The lowest BCUT2D eigenvalue weighted by Gasteiger charge is -2.17. The molecule has 1 saturated heterocycles. The van der Waals surface area contributed by atoms with Crippen LogP contribution in [0.2, 0.25) is 0 Å². The SMILES string of the molecule is C[C@@H](NS(=O)(=O)CCCCCN1CC(=O)NC1=O)c1ccc(F)c(OCC2(N)CC2)c1. The van der Waals surface area contributed by atoms with E-state index < -0.39 is 27.9 Å². The molecule has 1 aromatic carbocycles. The van der Waals surface area contributed by atoms with Crippen LogP contribution in [0, 0.1) is 5.82 Å². The zero-order valence-corrected chi connectivity index (χ0v) is 18.3. The fourth-order valence-corrected chi connectivity index (χ4v) is 4.63. The number of nitrogens with two attached hydrogens (primary N) is 1. The average molecular weight is 457 g/mol. The van der Waals surface area contributed by atoms with Gasteiger partial charge in [0, 0.05) is 12.6 Å². The summed E-state index contributed by atoms with van der Waals surface area (Å²) in [6.45, 7) is 2.36. The number of sulfonamides is 1. The van der Waals surface area contributed by atoms with Crippen LogP contribution >= 0.6 is 0 Å². The predicted octanol–water partition coefficient (Wildman–Crippen LogP) is 1.40. The van der Waals surface area contributed by atoms with E-state index in [1.807, 2.05) is 0 Å². The summed E-state index contributed by atoms with van der Waals surface area (Å²) < 4.78 is 46.9. The number of unbranched alkanes of at least 4 members (excludes halogenated alkanes) is 2. The Kier molecular flexibility index (Phi) is 7.17. The van der Waals surface area contributed by atoms with E-state index in [-0.39, 0.29) is 36.1 Å². The van der Waals surface area contributed by atoms with E-state index in [1.165, 1.54) is 23.1 Å². The maximum atomic E-state index is 14.0. The van der Waals surface area contributed by atoms with E-state index in [2.05, 4.69) is 10.0 Å². The first-order chi connectivity index (χ1) is 14.6. The highest BCUT2D eigenvalue weighted by molar-refractivity contribution is 7.89. The first-order valence-electron chi connectivity index (χ1n) is 10.4. The quantitative estimate of drug-likeness (QED) is 0.322. The van der Waals surface area contributed by atoms with Crippen molar-refractivity contribution in [1.82, 2.24) is 14.9 Å². The van der Waals surface area contributed by atoms with Crippen molar-refractivity contribution in [3.63, 3.8) is 0 Å². The zero-order valence-electron chi connectivity index (χ0n) is 17.5. The summed E-state index contributed by atoms with van der Waals surface area (Å²) in [6, 6.07) is 3.31. The third-order valence-corrected chi connectivity index (χ3v) is 6.97. The van der Waals surface area contributed by atoms with Crippen molar-refractivity contribution in [3.8, 4) is 5.75 Å². The first kappa shape index (κ1) is 23.4. The molecule has 1 aliphatic carbocycles. The molecule has 2 aliphatic rings. The van der Waals surface area contributed by atoms with E-state index in [4.69, 9.17) is 10.5 Å². The lowest BCUT2D eigenvalue weighted by atomic mass is 10.1. The number of imide groups is 1. The lowest BCUT2D eigenvalue weighted by molar-refractivity contribution is -0.118. The van der Waals surface area contributed by atoms with Gasteiger partial charge in [0.25, 0.3) is 0 Å². The summed E-state index contributed by atoms with van der Waals surface area (Å²) in [5, 5.41) is 2.20. The van der Waals surface area contributed by atoms with Crippen molar-refractivity contribution in [3.05, 3.63) is 29.6 Å². The Morgan fingerprint density at radius 1 is 1.29 bits per heavy atom. The number of benzene rings is 1. The number of amides is 3. The molecule has 172 valence electrons. The number of nitrogens with zero attached hydrogens (tertiary/aromatic N) is 1. The van der Waals surface area contributed by atoms with Crippen molar-refractivity contribution in [1.29, 1.82) is 0 Å². The Morgan fingerprint density at radius 2 is 2.03 bits per heavy atom. The van der Waals surface area contributed by atoms with Crippen molar-refractivity contribution < 1.29 is 27.1 Å². The second-order valence-corrected chi connectivity index (χ2v) is 10.2. The van der Waals surface area contributed by atoms with Gasteiger partial charge in [-0.15, -0.1) is 0 Å². The van der Waals surface area contributed by atoms with Gasteiger partial charge in [0.15, 0.2) is 11.6 Å². The maximum Gasteiger partial charge on any atom is 0.324 e. The highest BCUT2D eigenvalue weighted by Gasteiger charge is 2.39. The number of nitrogens with one attached hydrogen (secondary N) is 2. The number of rotatable bonds is 12. The van der Waals surface area contributed by atoms with Gasteiger partial charge in [-0.25, -0.2) is 22.3 Å². The van der Waals surface area contributed by atoms with E-state index in [0.717, 1.165) is 12.8 Å². The molecule has 9 nitrogen and oxygen atoms in total. The minimum Gasteiger partial charge on any atom is -0.489 e. The largest absolute Gasteiger partial charge is 0.489 e. The third-order valence-electron chi connectivity index (χ3n) is 5.43. The lowest BCUT2D eigenvalue weighted by Crippen LogP contribution is -2.30. The Bertz CT molecular complexity index is 935. The molecule has 1 aliphatic heterocycles. The highest BCUT2D eigenvalue weighted by Crippen LogP contribution is 2.33. The molecule has 0 unspecified atom stereocenters. The molecule has 1 aromatic rings. The number of carbonyl (C=O) groups is 2. The highest BCUT2D eigenvalue weighted by atomic mass is 32.2. The summed E-state index contributed by atoms with van der Waals surface area (Å²) in [6.07, 6.45) is 3.30.